The SMILES string of the molecule is COc1ccc(OCCn2cccc2CCCN2CCOCC2)cc1. The minimum absolute atomic E-state index is 0.664. The summed E-state index contributed by atoms with van der Waals surface area (Å²) in [6.07, 6.45) is 4.43. The fourth-order valence-electron chi connectivity index (χ4n) is 3.14. The van der Waals surface area contributed by atoms with Crippen molar-refractivity contribution in [1.29, 1.82) is 0 Å². The number of aromatic nitrogens is 1. The Kier molecular flexibility index (Phi) is 6.77. The van der Waals surface area contributed by atoms with Crippen LogP contribution >= 0.6 is 0 Å². The highest BCUT2D eigenvalue weighted by Gasteiger charge is 2.10. The first-order chi connectivity index (χ1) is 12.3. The number of benzene rings is 1. The number of hydrogen-bond donors (Lipinski definition) is 0. The number of methoxy groups -OCH3 is 1. The molecule has 3 rings (SSSR count). The van der Waals surface area contributed by atoms with E-state index in [0.717, 1.165) is 57.3 Å². The second kappa shape index (κ2) is 9.49. The molecular formula is C20H28N2O3. The molecular weight excluding hydrogens is 316 g/mol. The molecule has 1 aromatic carbocycles. The maximum atomic E-state index is 5.83. The van der Waals surface area contributed by atoms with E-state index < -0.39 is 0 Å². The molecule has 2 heterocycles. The van der Waals surface area contributed by atoms with Crippen molar-refractivity contribution >= 4 is 0 Å². The van der Waals surface area contributed by atoms with Crippen LogP contribution in [0.3, 0.4) is 0 Å². The van der Waals surface area contributed by atoms with Crippen LogP contribution in [0, 0.1) is 0 Å². The molecule has 1 saturated heterocycles. The topological polar surface area (TPSA) is 35.9 Å². The van der Waals surface area contributed by atoms with E-state index in [2.05, 4.69) is 27.8 Å². The summed E-state index contributed by atoms with van der Waals surface area (Å²) in [5.74, 6) is 1.72. The van der Waals surface area contributed by atoms with Crippen LogP contribution in [0.2, 0.25) is 0 Å². The van der Waals surface area contributed by atoms with E-state index >= 15 is 0 Å². The predicted molar refractivity (Wildman–Crippen MR) is 98.5 cm³/mol. The van der Waals surface area contributed by atoms with E-state index in [1.165, 1.54) is 12.1 Å². The Morgan fingerprint density at radius 3 is 2.52 bits per heavy atom. The zero-order chi connectivity index (χ0) is 17.3. The van der Waals surface area contributed by atoms with Gasteiger partial charge in [-0.3, -0.25) is 4.90 Å². The first kappa shape index (κ1) is 17.8. The lowest BCUT2D eigenvalue weighted by Crippen LogP contribution is -2.37. The van der Waals surface area contributed by atoms with Crippen LogP contribution in [0.4, 0.5) is 0 Å². The lowest BCUT2D eigenvalue weighted by Gasteiger charge is -2.26. The quantitative estimate of drug-likeness (QED) is 0.701. The van der Waals surface area contributed by atoms with Gasteiger partial charge in [0.25, 0.3) is 0 Å². The Morgan fingerprint density at radius 1 is 1.00 bits per heavy atom. The van der Waals surface area contributed by atoms with Gasteiger partial charge in [-0.15, -0.1) is 0 Å². The van der Waals surface area contributed by atoms with Crippen molar-refractivity contribution in [3.8, 4) is 11.5 Å². The van der Waals surface area contributed by atoms with Crippen molar-refractivity contribution in [2.45, 2.75) is 19.4 Å². The summed E-state index contributed by atoms with van der Waals surface area (Å²) in [7, 11) is 1.67. The third kappa shape index (κ3) is 5.51. The van der Waals surface area contributed by atoms with E-state index in [1.54, 1.807) is 7.11 Å². The van der Waals surface area contributed by atoms with Crippen LogP contribution in [0.5, 0.6) is 11.5 Å². The molecule has 0 unspecified atom stereocenters. The Balaban J connectivity index is 1.40. The Morgan fingerprint density at radius 2 is 1.76 bits per heavy atom. The van der Waals surface area contributed by atoms with Crippen molar-refractivity contribution in [3.05, 3.63) is 48.3 Å². The van der Waals surface area contributed by atoms with E-state index in [0.29, 0.717) is 6.61 Å². The first-order valence-electron chi connectivity index (χ1n) is 9.06. The number of nitrogens with zero attached hydrogens (tertiary/aromatic N) is 2. The van der Waals surface area contributed by atoms with Crippen molar-refractivity contribution in [2.75, 3.05) is 46.6 Å². The van der Waals surface area contributed by atoms with Crippen molar-refractivity contribution in [2.24, 2.45) is 0 Å². The fourth-order valence-corrected chi connectivity index (χ4v) is 3.14. The molecule has 5 heteroatoms. The number of ether oxygens (including phenoxy) is 3. The highest BCUT2D eigenvalue weighted by molar-refractivity contribution is 5.31. The molecule has 0 atom stereocenters. The number of morpholine rings is 1. The first-order valence-corrected chi connectivity index (χ1v) is 9.06. The second-order valence-electron chi connectivity index (χ2n) is 6.27. The van der Waals surface area contributed by atoms with Gasteiger partial charge < -0.3 is 18.8 Å². The maximum absolute atomic E-state index is 5.83. The normalized spacial score (nSPS) is 15.2. The van der Waals surface area contributed by atoms with E-state index in [-0.39, 0.29) is 0 Å². The van der Waals surface area contributed by atoms with Crippen LogP contribution in [0.15, 0.2) is 42.6 Å². The van der Waals surface area contributed by atoms with E-state index in [1.807, 2.05) is 24.3 Å². The van der Waals surface area contributed by atoms with Gasteiger partial charge in [-0.25, -0.2) is 0 Å². The summed E-state index contributed by atoms with van der Waals surface area (Å²) in [4.78, 5) is 2.49. The standard InChI is InChI=1S/C20H28N2O3/c1-23-19-6-8-20(9-7-19)25-17-14-22-11-3-5-18(22)4-2-10-21-12-15-24-16-13-21/h3,5-9,11H,2,4,10,12-17H2,1H3. The molecule has 2 aromatic rings. The van der Waals surface area contributed by atoms with Crippen LogP contribution < -0.4 is 9.47 Å². The molecule has 0 saturated carbocycles. The van der Waals surface area contributed by atoms with Gasteiger partial charge in [-0.1, -0.05) is 0 Å². The minimum Gasteiger partial charge on any atom is -0.497 e. The molecule has 0 spiro atoms. The van der Waals surface area contributed by atoms with Crippen molar-refractivity contribution < 1.29 is 14.2 Å². The highest BCUT2D eigenvalue weighted by Crippen LogP contribution is 2.17. The summed E-state index contributed by atoms with van der Waals surface area (Å²) in [6, 6.07) is 12.1. The Labute approximate surface area is 150 Å². The smallest absolute Gasteiger partial charge is 0.119 e. The van der Waals surface area contributed by atoms with Gasteiger partial charge >= 0.3 is 0 Å². The lowest BCUT2D eigenvalue weighted by molar-refractivity contribution is 0.0374. The molecule has 0 bridgehead atoms. The van der Waals surface area contributed by atoms with E-state index in [9.17, 15) is 0 Å². The molecule has 1 fully saturated rings. The summed E-state index contributed by atoms with van der Waals surface area (Å²) in [6.45, 7) is 6.56. The average Bonchev–Trinajstić information content (AvgIpc) is 3.10. The summed E-state index contributed by atoms with van der Waals surface area (Å²) in [5, 5.41) is 0. The highest BCUT2D eigenvalue weighted by atomic mass is 16.5. The van der Waals surface area contributed by atoms with Gasteiger partial charge in [0, 0.05) is 25.0 Å². The van der Waals surface area contributed by atoms with Gasteiger partial charge in [0.15, 0.2) is 0 Å². The zero-order valence-corrected chi connectivity index (χ0v) is 15.0. The lowest BCUT2D eigenvalue weighted by atomic mass is 10.2. The maximum Gasteiger partial charge on any atom is 0.119 e. The Hall–Kier alpha value is -1.98. The molecule has 0 N–H and O–H groups in total. The van der Waals surface area contributed by atoms with Gasteiger partial charge in [0.2, 0.25) is 0 Å². The fraction of sp³-hybridized carbons (Fsp3) is 0.500. The van der Waals surface area contributed by atoms with Crippen molar-refractivity contribution in [3.63, 3.8) is 0 Å². The zero-order valence-electron chi connectivity index (χ0n) is 15.0. The third-order valence-corrected chi connectivity index (χ3v) is 4.59. The molecule has 1 aliphatic rings. The number of aryl methyl sites for hydroxylation is 1. The van der Waals surface area contributed by atoms with Crippen molar-refractivity contribution in [1.82, 2.24) is 9.47 Å². The summed E-state index contributed by atoms with van der Waals surface area (Å²) in [5.41, 5.74) is 1.38. The Bertz CT molecular complexity index is 618. The van der Waals surface area contributed by atoms with Crippen LogP contribution in [-0.4, -0.2) is 56.0 Å². The van der Waals surface area contributed by atoms with Gasteiger partial charge in [-0.2, -0.15) is 0 Å². The summed E-state index contributed by atoms with van der Waals surface area (Å²) < 4.78 is 18.7. The number of rotatable bonds is 9. The van der Waals surface area contributed by atoms with Crippen LogP contribution in [-0.2, 0) is 17.7 Å². The monoisotopic (exact) mass is 344 g/mol. The van der Waals surface area contributed by atoms with Gasteiger partial charge in [0.05, 0.1) is 26.9 Å². The number of hydrogen-bond acceptors (Lipinski definition) is 4. The molecule has 1 aromatic heterocycles. The molecule has 1 aliphatic heterocycles. The van der Waals surface area contributed by atoms with Gasteiger partial charge in [0.1, 0.15) is 18.1 Å². The molecule has 0 aliphatic carbocycles. The van der Waals surface area contributed by atoms with Gasteiger partial charge in [-0.05, 0) is 55.8 Å². The summed E-state index contributed by atoms with van der Waals surface area (Å²) >= 11 is 0. The molecule has 0 radical (unpaired) electrons. The molecule has 136 valence electrons. The average molecular weight is 344 g/mol. The van der Waals surface area contributed by atoms with Crippen LogP contribution in [0.1, 0.15) is 12.1 Å². The van der Waals surface area contributed by atoms with E-state index in [4.69, 9.17) is 14.2 Å². The third-order valence-electron chi connectivity index (χ3n) is 4.59. The minimum atomic E-state index is 0.664. The largest absolute Gasteiger partial charge is 0.497 e. The predicted octanol–water partition coefficient (Wildman–Crippen LogP) is 2.84. The molecule has 0 amide bonds. The second-order valence-corrected chi connectivity index (χ2v) is 6.27. The molecule has 5 nitrogen and oxygen atoms in total. The van der Waals surface area contributed by atoms with Crippen LogP contribution in [0.25, 0.3) is 0 Å². The molecule has 25 heavy (non-hydrogen) atoms.